The third kappa shape index (κ3) is 3.80. The SMILES string of the molecule is CN(C)Cc1ccc(-c2nc3ncccc3[nH]2)cc1Oc1ccc(F)cc1. The predicted octanol–water partition coefficient (Wildman–Crippen LogP) is 4.62. The molecule has 0 spiro atoms. The first-order valence-electron chi connectivity index (χ1n) is 8.61. The molecule has 0 aliphatic carbocycles. The summed E-state index contributed by atoms with van der Waals surface area (Å²) in [5, 5.41) is 0. The van der Waals surface area contributed by atoms with Crippen molar-refractivity contribution >= 4 is 11.2 Å². The van der Waals surface area contributed by atoms with Crippen LogP contribution in [0.3, 0.4) is 0 Å². The zero-order valence-corrected chi connectivity index (χ0v) is 15.1. The molecule has 27 heavy (non-hydrogen) atoms. The van der Waals surface area contributed by atoms with Crippen LogP contribution in [0.15, 0.2) is 60.8 Å². The number of benzene rings is 2. The summed E-state index contributed by atoms with van der Waals surface area (Å²) in [6.45, 7) is 0.721. The quantitative estimate of drug-likeness (QED) is 0.563. The summed E-state index contributed by atoms with van der Waals surface area (Å²) in [6.07, 6.45) is 1.72. The van der Waals surface area contributed by atoms with Crippen molar-refractivity contribution in [2.45, 2.75) is 6.54 Å². The van der Waals surface area contributed by atoms with E-state index in [9.17, 15) is 4.39 Å². The van der Waals surface area contributed by atoms with Crippen LogP contribution in [0.4, 0.5) is 4.39 Å². The van der Waals surface area contributed by atoms with Gasteiger partial charge in [-0.25, -0.2) is 14.4 Å². The van der Waals surface area contributed by atoms with Crippen LogP contribution < -0.4 is 4.74 Å². The van der Waals surface area contributed by atoms with Crippen molar-refractivity contribution in [2.75, 3.05) is 14.1 Å². The number of nitrogens with one attached hydrogen (secondary N) is 1. The monoisotopic (exact) mass is 362 g/mol. The minimum atomic E-state index is -0.292. The number of fused-ring (bicyclic) bond motifs is 1. The maximum atomic E-state index is 13.2. The maximum absolute atomic E-state index is 13.2. The molecular weight excluding hydrogens is 343 g/mol. The lowest BCUT2D eigenvalue weighted by molar-refractivity contribution is 0.388. The fourth-order valence-corrected chi connectivity index (χ4v) is 2.88. The minimum absolute atomic E-state index is 0.292. The lowest BCUT2D eigenvalue weighted by Gasteiger charge is -2.16. The average molecular weight is 362 g/mol. The molecule has 0 radical (unpaired) electrons. The number of nitrogens with zero attached hydrogens (tertiary/aromatic N) is 3. The van der Waals surface area contributed by atoms with Gasteiger partial charge in [0.1, 0.15) is 23.1 Å². The molecule has 2 aromatic carbocycles. The van der Waals surface area contributed by atoms with E-state index < -0.39 is 0 Å². The van der Waals surface area contributed by atoms with Gasteiger partial charge in [0.05, 0.1) is 5.52 Å². The zero-order valence-electron chi connectivity index (χ0n) is 15.1. The van der Waals surface area contributed by atoms with E-state index in [0.717, 1.165) is 29.0 Å². The molecule has 4 rings (SSSR count). The Kier molecular flexibility index (Phi) is 4.56. The van der Waals surface area contributed by atoms with E-state index in [0.29, 0.717) is 17.1 Å². The van der Waals surface area contributed by atoms with E-state index >= 15 is 0 Å². The van der Waals surface area contributed by atoms with Gasteiger partial charge in [-0.1, -0.05) is 12.1 Å². The first-order valence-corrected chi connectivity index (χ1v) is 8.61. The molecule has 0 atom stereocenters. The third-order valence-electron chi connectivity index (χ3n) is 4.13. The largest absolute Gasteiger partial charge is 0.457 e. The molecule has 0 amide bonds. The van der Waals surface area contributed by atoms with Gasteiger partial charge in [0, 0.05) is 23.9 Å². The summed E-state index contributed by atoms with van der Waals surface area (Å²) in [6, 6.07) is 15.8. The number of aromatic nitrogens is 3. The summed E-state index contributed by atoms with van der Waals surface area (Å²) in [5.74, 6) is 1.73. The van der Waals surface area contributed by atoms with E-state index in [2.05, 4.69) is 19.9 Å². The Morgan fingerprint density at radius 3 is 2.63 bits per heavy atom. The Bertz CT molecular complexity index is 1040. The number of rotatable bonds is 5. The summed E-state index contributed by atoms with van der Waals surface area (Å²) < 4.78 is 19.2. The number of hydrogen-bond donors (Lipinski definition) is 1. The van der Waals surface area contributed by atoms with E-state index in [-0.39, 0.29) is 5.82 Å². The Hall–Kier alpha value is -3.25. The molecule has 1 N–H and O–H groups in total. The molecule has 6 heteroatoms. The van der Waals surface area contributed by atoms with Crippen molar-refractivity contribution < 1.29 is 9.13 Å². The Balaban J connectivity index is 1.74. The number of halogens is 1. The first-order chi connectivity index (χ1) is 13.1. The van der Waals surface area contributed by atoms with Gasteiger partial charge in [-0.2, -0.15) is 0 Å². The molecule has 5 nitrogen and oxygen atoms in total. The van der Waals surface area contributed by atoms with Crippen molar-refractivity contribution in [1.29, 1.82) is 0 Å². The highest BCUT2D eigenvalue weighted by molar-refractivity contribution is 5.76. The molecule has 2 heterocycles. The molecule has 0 saturated carbocycles. The van der Waals surface area contributed by atoms with Crippen LogP contribution in [0.5, 0.6) is 11.5 Å². The zero-order chi connectivity index (χ0) is 18.8. The van der Waals surface area contributed by atoms with Crippen LogP contribution in [0.2, 0.25) is 0 Å². The molecular formula is C21H19FN4O. The lowest BCUT2D eigenvalue weighted by Crippen LogP contribution is -2.11. The first kappa shape index (κ1) is 17.2. The van der Waals surface area contributed by atoms with Crippen molar-refractivity contribution in [3.8, 4) is 22.9 Å². The fraction of sp³-hybridized carbons (Fsp3) is 0.143. The topological polar surface area (TPSA) is 54.0 Å². The van der Waals surface area contributed by atoms with Gasteiger partial charge in [0.25, 0.3) is 0 Å². The lowest BCUT2D eigenvalue weighted by atomic mass is 10.1. The van der Waals surface area contributed by atoms with Crippen LogP contribution in [0.1, 0.15) is 5.56 Å². The molecule has 0 aliphatic rings. The van der Waals surface area contributed by atoms with Gasteiger partial charge >= 0.3 is 0 Å². The molecule has 0 unspecified atom stereocenters. The van der Waals surface area contributed by atoms with Crippen molar-refractivity contribution in [3.05, 3.63) is 72.2 Å². The van der Waals surface area contributed by atoms with Crippen LogP contribution in [0.25, 0.3) is 22.6 Å². The highest BCUT2D eigenvalue weighted by Gasteiger charge is 2.12. The predicted molar refractivity (Wildman–Crippen MR) is 103 cm³/mol. The van der Waals surface area contributed by atoms with Crippen LogP contribution in [0, 0.1) is 5.82 Å². The van der Waals surface area contributed by atoms with Crippen LogP contribution in [-0.2, 0) is 6.54 Å². The highest BCUT2D eigenvalue weighted by atomic mass is 19.1. The molecule has 0 saturated heterocycles. The summed E-state index contributed by atoms with van der Waals surface area (Å²) in [5.41, 5.74) is 3.48. The number of hydrogen-bond acceptors (Lipinski definition) is 4. The smallest absolute Gasteiger partial charge is 0.178 e. The number of aromatic amines is 1. The second-order valence-electron chi connectivity index (χ2n) is 6.58. The van der Waals surface area contributed by atoms with E-state index in [1.807, 2.05) is 44.4 Å². The van der Waals surface area contributed by atoms with Crippen molar-refractivity contribution in [2.24, 2.45) is 0 Å². The molecule has 0 aliphatic heterocycles. The van der Waals surface area contributed by atoms with Gasteiger partial charge in [0.15, 0.2) is 5.65 Å². The van der Waals surface area contributed by atoms with Gasteiger partial charge in [-0.3, -0.25) is 0 Å². The van der Waals surface area contributed by atoms with Crippen molar-refractivity contribution in [3.63, 3.8) is 0 Å². The van der Waals surface area contributed by atoms with Gasteiger partial charge in [-0.05, 0) is 56.6 Å². The number of H-pyrrole nitrogens is 1. The Morgan fingerprint density at radius 1 is 1.07 bits per heavy atom. The normalized spacial score (nSPS) is 11.3. The third-order valence-corrected chi connectivity index (χ3v) is 4.13. The summed E-state index contributed by atoms with van der Waals surface area (Å²) >= 11 is 0. The second-order valence-corrected chi connectivity index (χ2v) is 6.58. The standard InChI is InChI=1S/C21H19FN4O/c1-26(2)13-15-6-5-14(20-24-18-4-3-11-23-21(18)25-20)12-19(15)27-17-9-7-16(22)8-10-17/h3-12H,13H2,1-2H3,(H,23,24,25). The van der Waals surface area contributed by atoms with Crippen LogP contribution >= 0.6 is 0 Å². The van der Waals surface area contributed by atoms with Crippen molar-refractivity contribution in [1.82, 2.24) is 19.9 Å². The van der Waals surface area contributed by atoms with E-state index in [1.165, 1.54) is 12.1 Å². The molecule has 0 fully saturated rings. The van der Waals surface area contributed by atoms with Gasteiger partial charge in [0.2, 0.25) is 0 Å². The number of imidazole rings is 1. The molecule has 136 valence electrons. The fourth-order valence-electron chi connectivity index (χ4n) is 2.88. The van der Waals surface area contributed by atoms with E-state index in [4.69, 9.17) is 4.74 Å². The minimum Gasteiger partial charge on any atom is -0.457 e. The summed E-state index contributed by atoms with van der Waals surface area (Å²) in [7, 11) is 4.00. The molecule has 4 aromatic rings. The molecule has 0 bridgehead atoms. The van der Waals surface area contributed by atoms with E-state index in [1.54, 1.807) is 18.3 Å². The Morgan fingerprint density at radius 2 is 1.89 bits per heavy atom. The Labute approximate surface area is 156 Å². The van der Waals surface area contributed by atoms with Crippen LogP contribution in [-0.4, -0.2) is 33.9 Å². The van der Waals surface area contributed by atoms with Gasteiger partial charge < -0.3 is 14.6 Å². The summed E-state index contributed by atoms with van der Waals surface area (Å²) in [4.78, 5) is 14.2. The highest BCUT2D eigenvalue weighted by Crippen LogP contribution is 2.31. The second kappa shape index (κ2) is 7.17. The maximum Gasteiger partial charge on any atom is 0.178 e. The molecule has 2 aromatic heterocycles. The van der Waals surface area contributed by atoms with Gasteiger partial charge in [-0.15, -0.1) is 0 Å². The number of pyridine rings is 1. The number of ether oxygens (including phenoxy) is 1. The average Bonchev–Trinajstić information content (AvgIpc) is 3.09.